The second kappa shape index (κ2) is 5.93. The van der Waals surface area contributed by atoms with Gasteiger partial charge >= 0.3 is 0 Å². The minimum Gasteiger partial charge on any atom is -0.352 e. The molecular formula is C15H18N2O2S2. The predicted octanol–water partition coefficient (Wildman–Crippen LogP) is 2.50. The second-order valence-corrected chi connectivity index (χ2v) is 8.13. The topological polar surface area (TPSA) is 58.2 Å². The van der Waals surface area contributed by atoms with E-state index in [-0.39, 0.29) is 17.9 Å². The average molecular weight is 322 g/mol. The minimum absolute atomic E-state index is 0.184. The van der Waals surface area contributed by atoms with Gasteiger partial charge in [0.15, 0.2) is 4.75 Å². The molecule has 1 atom stereocenters. The first-order valence-corrected chi connectivity index (χ1v) is 9.05. The maximum Gasteiger partial charge on any atom is 0.250 e. The number of para-hydroxylation sites is 1. The van der Waals surface area contributed by atoms with Crippen molar-refractivity contribution in [3.8, 4) is 0 Å². The summed E-state index contributed by atoms with van der Waals surface area (Å²) in [5.41, 5.74) is 0.784. The van der Waals surface area contributed by atoms with Crippen LogP contribution < -0.4 is 10.6 Å². The number of thioether (sulfide) groups is 2. The van der Waals surface area contributed by atoms with Gasteiger partial charge in [-0.3, -0.25) is 9.59 Å². The Morgan fingerprint density at radius 1 is 1.33 bits per heavy atom. The van der Waals surface area contributed by atoms with Crippen molar-refractivity contribution in [2.24, 2.45) is 0 Å². The van der Waals surface area contributed by atoms with Crippen LogP contribution in [-0.4, -0.2) is 34.1 Å². The molecule has 1 saturated heterocycles. The SMILES string of the molecule is CC1(C(=O)NC2CCSCC2)Sc2ccccc2NC1=O. The van der Waals surface area contributed by atoms with Crippen LogP contribution in [0.3, 0.4) is 0 Å². The van der Waals surface area contributed by atoms with E-state index in [1.807, 2.05) is 36.0 Å². The Morgan fingerprint density at radius 3 is 2.81 bits per heavy atom. The third kappa shape index (κ3) is 2.92. The third-order valence-electron chi connectivity index (χ3n) is 3.87. The second-order valence-electron chi connectivity index (χ2n) is 5.45. The predicted molar refractivity (Wildman–Crippen MR) is 87.8 cm³/mol. The molecule has 2 aliphatic rings. The van der Waals surface area contributed by atoms with Gasteiger partial charge in [-0.15, -0.1) is 0 Å². The van der Waals surface area contributed by atoms with Crippen molar-refractivity contribution in [1.82, 2.24) is 5.32 Å². The summed E-state index contributed by atoms with van der Waals surface area (Å²) in [6.07, 6.45) is 1.96. The highest BCUT2D eigenvalue weighted by atomic mass is 32.2. The van der Waals surface area contributed by atoms with Crippen molar-refractivity contribution >= 4 is 41.0 Å². The maximum atomic E-state index is 12.6. The molecule has 0 bridgehead atoms. The molecule has 0 aliphatic carbocycles. The number of rotatable bonds is 2. The summed E-state index contributed by atoms with van der Waals surface area (Å²) in [5.74, 6) is 1.72. The smallest absolute Gasteiger partial charge is 0.250 e. The lowest BCUT2D eigenvalue weighted by molar-refractivity contribution is -0.130. The normalized spacial score (nSPS) is 25.9. The van der Waals surface area contributed by atoms with E-state index in [2.05, 4.69) is 10.6 Å². The van der Waals surface area contributed by atoms with Crippen molar-refractivity contribution in [2.45, 2.75) is 35.4 Å². The Balaban J connectivity index is 1.76. The fourth-order valence-corrected chi connectivity index (χ4v) is 4.70. The molecule has 1 fully saturated rings. The number of hydrogen-bond acceptors (Lipinski definition) is 4. The molecule has 0 radical (unpaired) electrons. The van der Waals surface area contributed by atoms with Gasteiger partial charge in [0, 0.05) is 10.9 Å². The van der Waals surface area contributed by atoms with E-state index in [1.54, 1.807) is 6.92 Å². The number of carbonyl (C=O) groups is 2. The van der Waals surface area contributed by atoms with Gasteiger partial charge in [-0.1, -0.05) is 23.9 Å². The van der Waals surface area contributed by atoms with Crippen LogP contribution in [0, 0.1) is 0 Å². The molecule has 3 rings (SSSR count). The van der Waals surface area contributed by atoms with Crippen molar-refractivity contribution < 1.29 is 9.59 Å². The highest BCUT2D eigenvalue weighted by molar-refractivity contribution is 8.02. The zero-order chi connectivity index (χ0) is 14.9. The molecule has 112 valence electrons. The van der Waals surface area contributed by atoms with E-state index >= 15 is 0 Å². The molecule has 6 heteroatoms. The number of anilines is 1. The van der Waals surface area contributed by atoms with Gasteiger partial charge in [0.1, 0.15) is 0 Å². The molecule has 2 aliphatic heterocycles. The monoisotopic (exact) mass is 322 g/mol. The summed E-state index contributed by atoms with van der Waals surface area (Å²) >= 11 is 3.25. The Morgan fingerprint density at radius 2 is 2.05 bits per heavy atom. The summed E-state index contributed by atoms with van der Waals surface area (Å²) < 4.78 is -1.10. The number of nitrogens with one attached hydrogen (secondary N) is 2. The largest absolute Gasteiger partial charge is 0.352 e. The van der Waals surface area contributed by atoms with E-state index in [9.17, 15) is 9.59 Å². The summed E-state index contributed by atoms with van der Waals surface area (Å²) in [5, 5.41) is 5.90. The lowest BCUT2D eigenvalue weighted by Gasteiger charge is -2.34. The molecule has 2 heterocycles. The zero-order valence-corrected chi connectivity index (χ0v) is 13.5. The molecule has 1 unspecified atom stereocenters. The van der Waals surface area contributed by atoms with Crippen molar-refractivity contribution in [3.05, 3.63) is 24.3 Å². The van der Waals surface area contributed by atoms with Gasteiger partial charge in [-0.25, -0.2) is 0 Å². The van der Waals surface area contributed by atoms with E-state index in [0.717, 1.165) is 34.9 Å². The number of fused-ring (bicyclic) bond motifs is 1. The summed E-state index contributed by atoms with van der Waals surface area (Å²) in [6, 6.07) is 7.78. The molecule has 1 aromatic rings. The van der Waals surface area contributed by atoms with Gasteiger partial charge in [-0.05, 0) is 43.4 Å². The molecule has 2 amide bonds. The van der Waals surface area contributed by atoms with Crippen LogP contribution in [0.5, 0.6) is 0 Å². The molecule has 0 spiro atoms. The molecule has 0 saturated carbocycles. The van der Waals surface area contributed by atoms with Crippen LogP contribution in [0.4, 0.5) is 5.69 Å². The molecule has 21 heavy (non-hydrogen) atoms. The van der Waals surface area contributed by atoms with Crippen LogP contribution in [0.1, 0.15) is 19.8 Å². The summed E-state index contributed by atoms with van der Waals surface area (Å²) in [7, 11) is 0. The first-order chi connectivity index (χ1) is 10.1. The average Bonchev–Trinajstić information content (AvgIpc) is 2.49. The Bertz CT molecular complexity index is 573. The van der Waals surface area contributed by atoms with Crippen LogP contribution in [0.15, 0.2) is 29.2 Å². The maximum absolute atomic E-state index is 12.6. The van der Waals surface area contributed by atoms with E-state index in [4.69, 9.17) is 0 Å². The van der Waals surface area contributed by atoms with Crippen LogP contribution in [0.2, 0.25) is 0 Å². The fourth-order valence-electron chi connectivity index (χ4n) is 2.48. The quantitative estimate of drug-likeness (QED) is 0.822. The Labute approximate surface area is 132 Å². The third-order valence-corrected chi connectivity index (χ3v) is 6.28. The summed E-state index contributed by atoms with van der Waals surface area (Å²) in [6.45, 7) is 1.70. The van der Waals surface area contributed by atoms with Crippen LogP contribution >= 0.6 is 23.5 Å². The molecule has 0 aromatic heterocycles. The van der Waals surface area contributed by atoms with E-state index < -0.39 is 4.75 Å². The molecule has 1 aromatic carbocycles. The molecule has 2 N–H and O–H groups in total. The van der Waals surface area contributed by atoms with Gasteiger partial charge in [0.05, 0.1) is 5.69 Å². The lowest BCUT2D eigenvalue weighted by Crippen LogP contribution is -2.54. The summed E-state index contributed by atoms with van der Waals surface area (Å²) in [4.78, 5) is 25.9. The highest BCUT2D eigenvalue weighted by Crippen LogP contribution is 2.42. The first kappa shape index (κ1) is 14.8. The van der Waals surface area contributed by atoms with Gasteiger partial charge in [0.2, 0.25) is 11.8 Å². The molecule has 4 nitrogen and oxygen atoms in total. The minimum atomic E-state index is -1.10. The standard InChI is InChI=1S/C15H18N2O2S2/c1-15(13(18)16-10-6-8-20-9-7-10)14(19)17-11-4-2-3-5-12(11)21-15/h2-5,10H,6-9H2,1H3,(H,16,18)(H,17,19). The number of amides is 2. The zero-order valence-electron chi connectivity index (χ0n) is 11.8. The van der Waals surface area contributed by atoms with Gasteiger partial charge in [0.25, 0.3) is 0 Å². The van der Waals surface area contributed by atoms with Crippen LogP contribution in [0.25, 0.3) is 0 Å². The lowest BCUT2D eigenvalue weighted by atomic mass is 10.1. The number of benzene rings is 1. The van der Waals surface area contributed by atoms with Gasteiger partial charge < -0.3 is 10.6 Å². The van der Waals surface area contributed by atoms with Crippen molar-refractivity contribution in [2.75, 3.05) is 16.8 Å². The molecular weight excluding hydrogens is 304 g/mol. The Kier molecular flexibility index (Phi) is 4.17. The number of carbonyl (C=O) groups excluding carboxylic acids is 2. The van der Waals surface area contributed by atoms with Crippen molar-refractivity contribution in [1.29, 1.82) is 0 Å². The van der Waals surface area contributed by atoms with E-state index in [1.165, 1.54) is 11.8 Å². The first-order valence-electron chi connectivity index (χ1n) is 7.08. The fraction of sp³-hybridized carbons (Fsp3) is 0.467. The van der Waals surface area contributed by atoms with Crippen molar-refractivity contribution in [3.63, 3.8) is 0 Å². The Hall–Kier alpha value is -1.14. The highest BCUT2D eigenvalue weighted by Gasteiger charge is 2.46. The van der Waals surface area contributed by atoms with E-state index in [0.29, 0.717) is 0 Å². The van der Waals surface area contributed by atoms with Crippen LogP contribution in [-0.2, 0) is 9.59 Å². The number of hydrogen-bond donors (Lipinski definition) is 2. The van der Waals surface area contributed by atoms with Gasteiger partial charge in [-0.2, -0.15) is 11.8 Å².